The monoisotopic (exact) mass is 636 g/mol. The van der Waals surface area contributed by atoms with Crippen molar-refractivity contribution in [1.29, 1.82) is 0 Å². The average molecular weight is 637 g/mol. The van der Waals surface area contributed by atoms with E-state index in [0.717, 1.165) is 53.5 Å². The Morgan fingerprint density at radius 2 is 1.84 bits per heavy atom. The van der Waals surface area contributed by atoms with Gasteiger partial charge in [0.15, 0.2) is 11.0 Å². The number of hydrogen-bond donors (Lipinski definition) is 1. The first kappa shape index (κ1) is 32.1. The Morgan fingerprint density at radius 3 is 2.53 bits per heavy atom. The lowest BCUT2D eigenvalue weighted by Gasteiger charge is -2.31. The quantitative estimate of drug-likeness (QED) is 0.199. The van der Waals surface area contributed by atoms with E-state index in [4.69, 9.17) is 0 Å². The summed E-state index contributed by atoms with van der Waals surface area (Å²) in [6.45, 7) is 7.07. The molecule has 2 amide bonds. The van der Waals surface area contributed by atoms with Gasteiger partial charge in [-0.2, -0.15) is 4.99 Å². The zero-order chi connectivity index (χ0) is 32.0. The molecule has 1 saturated heterocycles. The fourth-order valence-corrected chi connectivity index (χ4v) is 6.10. The topological polar surface area (TPSA) is 84.6 Å². The second kappa shape index (κ2) is 14.2. The summed E-state index contributed by atoms with van der Waals surface area (Å²) in [4.78, 5) is 24.3. The molecular weight excluding hydrogens is 601 g/mol. The lowest BCUT2D eigenvalue weighted by Crippen LogP contribution is -2.37. The largest absolute Gasteiger partial charge is 0.573 e. The van der Waals surface area contributed by atoms with E-state index in [1.807, 2.05) is 31.2 Å². The highest BCUT2D eigenvalue weighted by Gasteiger charge is 2.31. The SMILES string of the molecule is CCCc1ccc(C)cc1N1CCCSC1=NC(=O)NC(CC)c1ccc(-c2ncn(-c3ccc(OC(F)(F)F)cc3)n2)cc1. The molecule has 0 aliphatic carbocycles. The maximum absolute atomic E-state index is 13.2. The zero-order valence-corrected chi connectivity index (χ0v) is 26.2. The van der Waals surface area contributed by atoms with Crippen molar-refractivity contribution in [2.45, 2.75) is 58.9 Å². The normalized spacial score (nSPS) is 15.2. The van der Waals surface area contributed by atoms with Crippen LogP contribution in [0.1, 0.15) is 55.8 Å². The molecule has 5 rings (SSSR count). The van der Waals surface area contributed by atoms with Crippen LogP contribution in [0.5, 0.6) is 5.75 Å². The molecule has 1 aliphatic rings. The molecule has 12 heteroatoms. The number of ether oxygens (including phenoxy) is 1. The minimum absolute atomic E-state index is 0.240. The Labute approximate surface area is 264 Å². The molecule has 4 aromatic rings. The third-order valence-electron chi connectivity index (χ3n) is 7.34. The van der Waals surface area contributed by atoms with Gasteiger partial charge in [0.25, 0.3) is 0 Å². The number of carbonyl (C=O) groups is 1. The zero-order valence-electron chi connectivity index (χ0n) is 25.3. The standard InChI is InChI=1S/C33H35F3N6O2S/c1-4-7-24-9-8-22(3)20-29(24)41-18-6-19-45-32(41)39-31(43)38-28(5-2)23-10-12-25(13-11-23)30-37-21-42(40-30)26-14-16-27(17-15-26)44-33(34,35)36/h8-17,20-21,28H,4-7,18-19H2,1-3H3,(H,38,43). The number of anilines is 1. The molecule has 1 atom stereocenters. The smallest absolute Gasteiger partial charge is 0.406 e. The third-order valence-corrected chi connectivity index (χ3v) is 8.40. The number of rotatable bonds is 9. The van der Waals surface area contributed by atoms with E-state index in [1.54, 1.807) is 11.8 Å². The maximum Gasteiger partial charge on any atom is 0.573 e. The molecule has 0 saturated carbocycles. The summed E-state index contributed by atoms with van der Waals surface area (Å²) in [6.07, 6.45) is 0.435. The van der Waals surface area contributed by atoms with Gasteiger partial charge in [0.1, 0.15) is 12.1 Å². The Bertz CT molecular complexity index is 1640. The fraction of sp³-hybridized carbons (Fsp3) is 0.333. The number of nitrogens with zero attached hydrogens (tertiary/aromatic N) is 5. The number of halogens is 3. The summed E-state index contributed by atoms with van der Waals surface area (Å²) in [5, 5.41) is 8.26. The van der Waals surface area contributed by atoms with Gasteiger partial charge in [-0.15, -0.1) is 18.3 Å². The Hall–Kier alpha value is -4.32. The van der Waals surface area contributed by atoms with E-state index >= 15 is 0 Å². The Morgan fingerprint density at radius 1 is 1.09 bits per heavy atom. The van der Waals surface area contributed by atoms with E-state index in [9.17, 15) is 18.0 Å². The first-order valence-electron chi connectivity index (χ1n) is 14.9. The number of benzene rings is 3. The lowest BCUT2D eigenvalue weighted by molar-refractivity contribution is -0.274. The van der Waals surface area contributed by atoms with Gasteiger partial charge in [-0.05, 0) is 73.2 Å². The van der Waals surface area contributed by atoms with Crippen LogP contribution in [0, 0.1) is 6.92 Å². The number of carbonyl (C=O) groups excluding carboxylic acids is 1. The highest BCUT2D eigenvalue weighted by atomic mass is 32.2. The minimum Gasteiger partial charge on any atom is -0.406 e. The van der Waals surface area contributed by atoms with E-state index in [2.05, 4.69) is 62.1 Å². The van der Waals surface area contributed by atoms with Crippen molar-refractivity contribution in [1.82, 2.24) is 20.1 Å². The highest BCUT2D eigenvalue weighted by molar-refractivity contribution is 8.14. The predicted molar refractivity (Wildman–Crippen MR) is 172 cm³/mol. The summed E-state index contributed by atoms with van der Waals surface area (Å²) in [5.41, 5.74) is 5.78. The number of nitrogens with one attached hydrogen (secondary N) is 1. The molecule has 1 aliphatic heterocycles. The van der Waals surface area contributed by atoms with Crippen molar-refractivity contribution in [3.05, 3.63) is 89.7 Å². The van der Waals surface area contributed by atoms with Gasteiger partial charge in [0.2, 0.25) is 0 Å². The van der Waals surface area contributed by atoms with Crippen molar-refractivity contribution in [2.24, 2.45) is 4.99 Å². The van der Waals surface area contributed by atoms with Crippen molar-refractivity contribution in [2.75, 3.05) is 17.2 Å². The van der Waals surface area contributed by atoms with Crippen LogP contribution < -0.4 is 15.0 Å². The summed E-state index contributed by atoms with van der Waals surface area (Å²) in [6, 6.07) is 18.9. The highest BCUT2D eigenvalue weighted by Crippen LogP contribution is 2.30. The second-order valence-electron chi connectivity index (χ2n) is 10.7. The average Bonchev–Trinajstić information content (AvgIpc) is 3.51. The summed E-state index contributed by atoms with van der Waals surface area (Å²) in [7, 11) is 0. The molecule has 1 unspecified atom stereocenters. The van der Waals surface area contributed by atoms with Crippen LogP contribution in [0.2, 0.25) is 0 Å². The van der Waals surface area contributed by atoms with Gasteiger partial charge in [-0.1, -0.05) is 68.4 Å². The molecular formula is C33H35F3N6O2S. The molecule has 0 spiro atoms. The minimum atomic E-state index is -4.75. The van der Waals surface area contributed by atoms with Gasteiger partial charge >= 0.3 is 12.4 Å². The first-order chi connectivity index (χ1) is 21.6. The van der Waals surface area contributed by atoms with Crippen molar-refractivity contribution in [3.8, 4) is 22.8 Å². The van der Waals surface area contributed by atoms with Crippen LogP contribution in [-0.2, 0) is 6.42 Å². The number of amides is 2. The van der Waals surface area contributed by atoms with Gasteiger partial charge in [-0.25, -0.2) is 14.5 Å². The Balaban J connectivity index is 1.27. The van der Waals surface area contributed by atoms with Gasteiger partial charge in [0, 0.05) is 23.5 Å². The van der Waals surface area contributed by atoms with E-state index < -0.39 is 6.36 Å². The fourth-order valence-electron chi connectivity index (χ4n) is 5.16. The molecule has 1 fully saturated rings. The summed E-state index contributed by atoms with van der Waals surface area (Å²) < 4.78 is 42.8. The van der Waals surface area contributed by atoms with Crippen LogP contribution >= 0.6 is 11.8 Å². The van der Waals surface area contributed by atoms with Crippen molar-refractivity contribution < 1.29 is 22.7 Å². The lowest BCUT2D eigenvalue weighted by atomic mass is 10.0. The molecule has 8 nitrogen and oxygen atoms in total. The molecule has 0 bridgehead atoms. The molecule has 3 aromatic carbocycles. The molecule has 0 radical (unpaired) electrons. The Kier molecular flexibility index (Phi) is 10.1. The third kappa shape index (κ3) is 8.24. The van der Waals surface area contributed by atoms with Crippen LogP contribution in [0.4, 0.5) is 23.7 Å². The van der Waals surface area contributed by atoms with Crippen LogP contribution in [0.3, 0.4) is 0 Å². The number of hydrogen-bond acceptors (Lipinski definition) is 5. The van der Waals surface area contributed by atoms with Crippen LogP contribution in [0.15, 0.2) is 78.0 Å². The number of amidine groups is 1. The van der Waals surface area contributed by atoms with Gasteiger partial charge in [-0.3, -0.25) is 0 Å². The maximum atomic E-state index is 13.2. The number of aliphatic imine (C=N–C) groups is 1. The van der Waals surface area contributed by atoms with Crippen molar-refractivity contribution >= 4 is 28.6 Å². The number of aryl methyl sites for hydroxylation is 2. The predicted octanol–water partition coefficient (Wildman–Crippen LogP) is 8.25. The van der Waals surface area contributed by atoms with Crippen molar-refractivity contribution in [3.63, 3.8) is 0 Å². The number of thioether (sulfide) groups is 1. The summed E-state index contributed by atoms with van der Waals surface area (Å²) >= 11 is 1.61. The number of alkyl halides is 3. The van der Waals surface area contributed by atoms with E-state index in [-0.39, 0.29) is 17.8 Å². The second-order valence-corrected chi connectivity index (χ2v) is 11.8. The molecule has 1 aromatic heterocycles. The van der Waals surface area contributed by atoms with E-state index in [1.165, 1.54) is 46.4 Å². The van der Waals surface area contributed by atoms with Gasteiger partial charge in [0.05, 0.1) is 11.7 Å². The molecule has 1 N–H and O–H groups in total. The van der Waals surface area contributed by atoms with Crippen LogP contribution in [-0.4, -0.2) is 44.6 Å². The number of aromatic nitrogens is 3. The van der Waals surface area contributed by atoms with Gasteiger partial charge < -0.3 is 15.0 Å². The molecule has 45 heavy (non-hydrogen) atoms. The van der Waals surface area contributed by atoms with Crippen LogP contribution in [0.25, 0.3) is 17.1 Å². The van der Waals surface area contributed by atoms with E-state index in [0.29, 0.717) is 17.9 Å². The first-order valence-corrected chi connectivity index (χ1v) is 15.9. The molecule has 2 heterocycles. The molecule has 236 valence electrons. The number of urea groups is 1. The summed E-state index contributed by atoms with van der Waals surface area (Å²) in [5.74, 6) is 1.06.